The number of carbonyl (C=O) groups is 1. The van der Waals surface area contributed by atoms with E-state index >= 15 is 0 Å². The first-order valence-corrected chi connectivity index (χ1v) is 7.09. The van der Waals surface area contributed by atoms with Gasteiger partial charge in [-0.2, -0.15) is 0 Å². The van der Waals surface area contributed by atoms with Crippen molar-refractivity contribution < 1.29 is 14.8 Å². The summed E-state index contributed by atoms with van der Waals surface area (Å²) in [6.07, 6.45) is 1.42. The Balaban J connectivity index is 2.50. The van der Waals surface area contributed by atoms with Gasteiger partial charge in [0.15, 0.2) is 0 Å². The number of carboxylic acids is 1. The second-order valence-electron chi connectivity index (χ2n) is 3.81. The molecule has 1 aromatic carbocycles. The van der Waals surface area contributed by atoms with Crippen molar-refractivity contribution in [2.45, 2.75) is 0 Å². The quantitative estimate of drug-likeness (QED) is 0.510. The van der Waals surface area contributed by atoms with E-state index in [1.54, 1.807) is 23.6 Å². The van der Waals surface area contributed by atoms with E-state index in [0.29, 0.717) is 14.9 Å². The van der Waals surface area contributed by atoms with Crippen molar-refractivity contribution in [3.63, 3.8) is 0 Å². The summed E-state index contributed by atoms with van der Waals surface area (Å²) in [5, 5.41) is 21.9. The monoisotopic (exact) mass is 353 g/mol. The van der Waals surface area contributed by atoms with Gasteiger partial charge in [0.05, 0.1) is 15.0 Å². The predicted molar refractivity (Wildman–Crippen MR) is 80.6 cm³/mol. The Morgan fingerprint density at radius 2 is 2.15 bits per heavy atom. The van der Waals surface area contributed by atoms with Crippen LogP contribution in [0.15, 0.2) is 40.2 Å². The fraction of sp³-hybridized carbons (Fsp3) is 0. The van der Waals surface area contributed by atoms with E-state index in [9.17, 15) is 20.0 Å². The molecular formula is C13H8BrNO4S. The molecule has 0 fully saturated rings. The number of halogens is 1. The van der Waals surface area contributed by atoms with Crippen molar-refractivity contribution >= 4 is 50.6 Å². The van der Waals surface area contributed by atoms with Crippen LogP contribution in [0.1, 0.15) is 10.4 Å². The van der Waals surface area contributed by atoms with Crippen molar-refractivity contribution in [2.75, 3.05) is 0 Å². The van der Waals surface area contributed by atoms with Crippen molar-refractivity contribution in [1.29, 1.82) is 0 Å². The molecule has 2 rings (SSSR count). The van der Waals surface area contributed by atoms with Crippen molar-refractivity contribution in [1.82, 2.24) is 0 Å². The maximum absolute atomic E-state index is 11.3. The number of aliphatic carboxylic acids is 1. The van der Waals surface area contributed by atoms with Crippen LogP contribution in [0.4, 0.5) is 5.69 Å². The second kappa shape index (κ2) is 5.98. The minimum absolute atomic E-state index is 0.102. The number of nitro benzene ring substituents is 1. The van der Waals surface area contributed by atoms with Crippen LogP contribution >= 0.6 is 27.3 Å². The Kier molecular flexibility index (Phi) is 4.31. The molecule has 5 nitrogen and oxygen atoms in total. The van der Waals surface area contributed by atoms with Crippen LogP contribution in [0.2, 0.25) is 0 Å². The van der Waals surface area contributed by atoms with Gasteiger partial charge in [-0.3, -0.25) is 10.1 Å². The molecule has 1 N–H and O–H groups in total. The highest BCUT2D eigenvalue weighted by atomic mass is 79.9. The lowest BCUT2D eigenvalue weighted by atomic mass is 10.1. The maximum atomic E-state index is 11.3. The molecular weight excluding hydrogens is 346 g/mol. The first-order chi connectivity index (χ1) is 9.49. The largest absolute Gasteiger partial charge is 0.478 e. The number of hydrogen-bond acceptors (Lipinski definition) is 4. The molecule has 0 amide bonds. The van der Waals surface area contributed by atoms with Gasteiger partial charge in [-0.05, 0) is 45.1 Å². The molecule has 102 valence electrons. The van der Waals surface area contributed by atoms with Gasteiger partial charge in [0.1, 0.15) is 0 Å². The zero-order chi connectivity index (χ0) is 14.7. The number of hydrogen-bond donors (Lipinski definition) is 1. The van der Waals surface area contributed by atoms with Crippen LogP contribution in [0, 0.1) is 10.1 Å². The molecule has 0 saturated heterocycles. The second-order valence-corrected chi connectivity index (χ2v) is 5.61. The predicted octanol–water partition coefficient (Wildman–Crippen LogP) is 4.04. The van der Waals surface area contributed by atoms with Crippen LogP contribution in [0.25, 0.3) is 11.6 Å². The zero-order valence-corrected chi connectivity index (χ0v) is 12.3. The molecule has 0 atom stereocenters. The minimum atomic E-state index is -1.07. The maximum Gasteiger partial charge on any atom is 0.337 e. The Morgan fingerprint density at radius 1 is 1.40 bits per heavy atom. The van der Waals surface area contributed by atoms with Crippen LogP contribution < -0.4 is 0 Å². The summed E-state index contributed by atoms with van der Waals surface area (Å²) in [5.41, 5.74) is 0.469. The van der Waals surface area contributed by atoms with Crippen LogP contribution in [0.3, 0.4) is 0 Å². The van der Waals surface area contributed by atoms with Crippen molar-refractivity contribution in [3.8, 4) is 0 Å². The normalized spacial score (nSPS) is 11.3. The molecule has 1 heterocycles. The Bertz CT molecular complexity index is 694. The number of nitro groups is 1. The molecule has 1 aromatic heterocycles. The lowest BCUT2D eigenvalue weighted by Gasteiger charge is -2.01. The third-order valence-electron chi connectivity index (χ3n) is 2.49. The van der Waals surface area contributed by atoms with Gasteiger partial charge in [-0.25, -0.2) is 4.79 Å². The molecule has 0 saturated carbocycles. The van der Waals surface area contributed by atoms with Gasteiger partial charge < -0.3 is 5.11 Å². The zero-order valence-electron chi connectivity index (χ0n) is 9.95. The van der Waals surface area contributed by atoms with E-state index in [2.05, 4.69) is 15.9 Å². The fourth-order valence-corrected chi connectivity index (χ4v) is 2.72. The highest BCUT2D eigenvalue weighted by Crippen LogP contribution is 2.28. The number of benzene rings is 1. The molecule has 20 heavy (non-hydrogen) atoms. The van der Waals surface area contributed by atoms with Crippen LogP contribution in [-0.2, 0) is 4.79 Å². The van der Waals surface area contributed by atoms with E-state index in [-0.39, 0.29) is 11.3 Å². The average Bonchev–Trinajstić information content (AvgIpc) is 2.90. The Hall–Kier alpha value is -1.99. The minimum Gasteiger partial charge on any atom is -0.478 e. The van der Waals surface area contributed by atoms with Crippen LogP contribution in [-0.4, -0.2) is 16.0 Å². The topological polar surface area (TPSA) is 80.4 Å². The third kappa shape index (κ3) is 3.12. The lowest BCUT2D eigenvalue weighted by Crippen LogP contribution is -1.98. The highest BCUT2D eigenvalue weighted by molar-refractivity contribution is 9.10. The molecule has 0 unspecified atom stereocenters. The van der Waals surface area contributed by atoms with E-state index < -0.39 is 10.9 Å². The van der Waals surface area contributed by atoms with Gasteiger partial charge >= 0.3 is 5.97 Å². The van der Waals surface area contributed by atoms with E-state index in [1.165, 1.54) is 29.5 Å². The van der Waals surface area contributed by atoms with Gasteiger partial charge in [-0.1, -0.05) is 12.1 Å². The summed E-state index contributed by atoms with van der Waals surface area (Å²) < 4.78 is 0.354. The van der Waals surface area contributed by atoms with Crippen molar-refractivity contribution in [3.05, 3.63) is 60.7 Å². The molecule has 0 spiro atoms. The Morgan fingerprint density at radius 3 is 2.70 bits per heavy atom. The van der Waals surface area contributed by atoms with E-state index in [1.807, 2.05) is 0 Å². The standard InChI is InChI=1S/C13H8BrNO4S/c14-10-4-3-8(7-11(10)15(18)19)6-9(13(16)17)12-2-1-5-20-12/h1-7H,(H,16,17)/b9-6-. The van der Waals surface area contributed by atoms with Gasteiger partial charge in [0.25, 0.3) is 5.69 Å². The Labute approximate surface area is 126 Å². The smallest absolute Gasteiger partial charge is 0.337 e. The fourth-order valence-electron chi connectivity index (χ4n) is 1.60. The molecule has 0 aliphatic carbocycles. The number of carboxylic acid groups (broad SMARTS) is 1. The molecule has 0 aliphatic heterocycles. The molecule has 0 radical (unpaired) electrons. The summed E-state index contributed by atoms with van der Waals surface area (Å²) in [7, 11) is 0. The highest BCUT2D eigenvalue weighted by Gasteiger charge is 2.15. The number of thiophene rings is 1. The SMILES string of the molecule is O=C(O)/C(=C\c1ccc(Br)c([N+](=O)[O-])c1)c1cccs1. The first kappa shape index (κ1) is 14.4. The van der Waals surface area contributed by atoms with Gasteiger partial charge in [0, 0.05) is 10.9 Å². The average molecular weight is 354 g/mol. The number of rotatable bonds is 4. The van der Waals surface area contributed by atoms with E-state index in [4.69, 9.17) is 0 Å². The molecule has 7 heteroatoms. The number of nitrogens with zero attached hydrogens (tertiary/aromatic N) is 1. The summed E-state index contributed by atoms with van der Waals surface area (Å²) in [5.74, 6) is -1.07. The summed E-state index contributed by atoms with van der Waals surface area (Å²) in [4.78, 5) is 22.2. The molecule has 0 bridgehead atoms. The summed E-state index contributed by atoms with van der Waals surface area (Å²) in [6, 6.07) is 7.92. The van der Waals surface area contributed by atoms with Gasteiger partial charge in [-0.15, -0.1) is 11.3 Å². The third-order valence-corrected chi connectivity index (χ3v) is 4.07. The lowest BCUT2D eigenvalue weighted by molar-refractivity contribution is -0.385. The summed E-state index contributed by atoms with van der Waals surface area (Å²) >= 11 is 4.39. The van der Waals surface area contributed by atoms with Crippen LogP contribution in [0.5, 0.6) is 0 Å². The first-order valence-electron chi connectivity index (χ1n) is 5.42. The van der Waals surface area contributed by atoms with Crippen molar-refractivity contribution in [2.24, 2.45) is 0 Å². The van der Waals surface area contributed by atoms with Gasteiger partial charge in [0.2, 0.25) is 0 Å². The van der Waals surface area contributed by atoms with E-state index in [0.717, 1.165) is 0 Å². The molecule has 0 aliphatic rings. The summed E-state index contributed by atoms with van der Waals surface area (Å²) in [6.45, 7) is 0. The molecule has 2 aromatic rings.